The molecule has 0 aliphatic carbocycles. The van der Waals surface area contributed by atoms with Gasteiger partial charge in [-0.1, -0.05) is 7.43 Å². The Morgan fingerprint density at radius 2 is 1.46 bits per heavy atom. The Labute approximate surface area is 141 Å². The van der Waals surface area contributed by atoms with Crippen molar-refractivity contribution in [2.45, 2.75) is 7.43 Å². The molecule has 0 saturated heterocycles. The smallest absolute Gasteiger partial charge is 0.338 e. The van der Waals surface area contributed by atoms with Crippen molar-refractivity contribution in [3.63, 3.8) is 0 Å². The third kappa shape index (κ3) is 7.70. The van der Waals surface area contributed by atoms with Crippen LogP contribution >= 0.6 is 7.60 Å². The van der Waals surface area contributed by atoms with E-state index in [2.05, 4.69) is 4.52 Å². The molecule has 1 aromatic carbocycles. The van der Waals surface area contributed by atoms with Crippen LogP contribution in [0.1, 0.15) is 28.1 Å². The van der Waals surface area contributed by atoms with Gasteiger partial charge in [0.25, 0.3) is 0 Å². The van der Waals surface area contributed by atoms with Gasteiger partial charge in [0.2, 0.25) is 0 Å². The Morgan fingerprint density at radius 1 is 1.00 bits per heavy atom. The van der Waals surface area contributed by atoms with Crippen LogP contribution in [0.5, 0.6) is 0 Å². The van der Waals surface area contributed by atoms with E-state index in [0.717, 1.165) is 0 Å². The van der Waals surface area contributed by atoms with Crippen LogP contribution in [0, 0.1) is 0 Å². The molecule has 0 bridgehead atoms. The standard InChI is InChI=1S/C14H19O8P.CH4/c1-19-23(2,18)22-10-9-21-14(17)12-5-3-11(4-6-12)13(16)20-8-7-15;/h3-6,15H,7-10H2,1-2H3;1H4. The van der Waals surface area contributed by atoms with Crippen molar-refractivity contribution in [3.8, 4) is 0 Å². The Hall–Kier alpha value is -1.73. The molecule has 9 heteroatoms. The van der Waals surface area contributed by atoms with E-state index in [1.54, 1.807) is 0 Å². The van der Waals surface area contributed by atoms with E-state index >= 15 is 0 Å². The first-order valence-corrected chi connectivity index (χ1v) is 8.71. The van der Waals surface area contributed by atoms with Gasteiger partial charge in [-0.3, -0.25) is 4.57 Å². The number of ether oxygens (including phenoxy) is 2. The fourth-order valence-electron chi connectivity index (χ4n) is 1.44. The first-order chi connectivity index (χ1) is 10.9. The number of carbonyl (C=O) groups is 2. The van der Waals surface area contributed by atoms with E-state index in [9.17, 15) is 14.2 Å². The number of aliphatic hydroxyl groups is 1. The minimum absolute atomic E-state index is 0. The summed E-state index contributed by atoms with van der Waals surface area (Å²) in [6.45, 7) is 0.819. The highest BCUT2D eigenvalue weighted by atomic mass is 31.2. The molecule has 0 aliphatic rings. The van der Waals surface area contributed by atoms with Gasteiger partial charge in [0.1, 0.15) is 13.2 Å². The predicted molar refractivity (Wildman–Crippen MR) is 87.3 cm³/mol. The van der Waals surface area contributed by atoms with Gasteiger partial charge in [-0.2, -0.15) is 0 Å². The molecule has 8 nitrogen and oxygen atoms in total. The average molecular weight is 362 g/mol. The average Bonchev–Trinajstić information content (AvgIpc) is 2.56. The minimum Gasteiger partial charge on any atom is -0.460 e. The van der Waals surface area contributed by atoms with E-state index in [1.165, 1.54) is 38.0 Å². The highest BCUT2D eigenvalue weighted by Gasteiger charge is 2.15. The van der Waals surface area contributed by atoms with Crippen LogP contribution in [0.15, 0.2) is 24.3 Å². The van der Waals surface area contributed by atoms with Crippen molar-refractivity contribution in [2.24, 2.45) is 0 Å². The van der Waals surface area contributed by atoms with Crippen molar-refractivity contribution in [1.82, 2.24) is 0 Å². The Morgan fingerprint density at radius 3 is 1.88 bits per heavy atom. The molecule has 0 spiro atoms. The molecule has 1 rings (SSSR count). The monoisotopic (exact) mass is 362 g/mol. The number of esters is 2. The molecular weight excluding hydrogens is 339 g/mol. The molecule has 1 N–H and O–H groups in total. The lowest BCUT2D eigenvalue weighted by atomic mass is 10.1. The highest BCUT2D eigenvalue weighted by Crippen LogP contribution is 2.42. The summed E-state index contributed by atoms with van der Waals surface area (Å²) < 4.78 is 30.7. The summed E-state index contributed by atoms with van der Waals surface area (Å²) in [5, 5.41) is 8.57. The topological polar surface area (TPSA) is 108 Å². The van der Waals surface area contributed by atoms with Gasteiger partial charge in [0.05, 0.1) is 24.3 Å². The first-order valence-electron chi connectivity index (χ1n) is 6.72. The number of carbonyl (C=O) groups excluding carboxylic acids is 2. The van der Waals surface area contributed by atoms with E-state index in [0.29, 0.717) is 0 Å². The van der Waals surface area contributed by atoms with Crippen LogP contribution in [0.25, 0.3) is 0 Å². The molecule has 0 amide bonds. The highest BCUT2D eigenvalue weighted by molar-refractivity contribution is 7.52. The molecule has 0 radical (unpaired) electrons. The predicted octanol–water partition coefficient (Wildman–Crippen LogP) is 2.11. The van der Waals surface area contributed by atoms with Gasteiger partial charge >= 0.3 is 19.5 Å². The lowest BCUT2D eigenvalue weighted by Gasteiger charge is -2.11. The molecular formula is C15H23O8P. The fraction of sp³-hybridized carbons (Fsp3) is 0.467. The second kappa shape index (κ2) is 10.9. The zero-order valence-electron chi connectivity index (χ0n) is 12.9. The van der Waals surface area contributed by atoms with Crippen LogP contribution in [-0.2, 0) is 23.1 Å². The maximum atomic E-state index is 11.8. The number of hydrogen-bond donors (Lipinski definition) is 1. The van der Waals surface area contributed by atoms with Crippen molar-refractivity contribution in [1.29, 1.82) is 0 Å². The molecule has 1 aromatic rings. The first kappa shape index (κ1) is 22.3. The Bertz CT molecular complexity index is 569. The minimum atomic E-state index is -3.09. The van der Waals surface area contributed by atoms with E-state index in [1.807, 2.05) is 0 Å². The van der Waals surface area contributed by atoms with Crippen LogP contribution < -0.4 is 0 Å². The lowest BCUT2D eigenvalue weighted by Crippen LogP contribution is -2.12. The molecule has 136 valence electrons. The lowest BCUT2D eigenvalue weighted by molar-refractivity contribution is 0.0425. The Kier molecular flexibility index (Phi) is 10.1. The summed E-state index contributed by atoms with van der Waals surface area (Å²) in [6, 6.07) is 5.66. The second-order valence-corrected chi connectivity index (χ2v) is 6.53. The quantitative estimate of drug-likeness (QED) is 0.404. The molecule has 0 aliphatic heterocycles. The molecule has 24 heavy (non-hydrogen) atoms. The normalized spacial score (nSPS) is 12.6. The van der Waals surface area contributed by atoms with E-state index in [4.69, 9.17) is 19.1 Å². The summed E-state index contributed by atoms with van der Waals surface area (Å²) >= 11 is 0. The molecule has 1 atom stereocenters. The SMILES string of the molecule is C.COP(C)(=O)OCCOC(=O)c1ccc(C(=O)OCCO)cc1. The van der Waals surface area contributed by atoms with Crippen LogP contribution in [0.4, 0.5) is 0 Å². The molecule has 0 fully saturated rings. The summed E-state index contributed by atoms with van der Waals surface area (Å²) in [5.74, 6) is -1.20. The second-order valence-electron chi connectivity index (χ2n) is 4.36. The van der Waals surface area contributed by atoms with Crippen LogP contribution in [-0.4, -0.2) is 57.2 Å². The largest absolute Gasteiger partial charge is 0.460 e. The van der Waals surface area contributed by atoms with Crippen molar-refractivity contribution < 1.29 is 37.8 Å². The van der Waals surface area contributed by atoms with Gasteiger partial charge in [-0.25, -0.2) is 9.59 Å². The number of benzene rings is 1. The summed E-state index contributed by atoms with van der Waals surface area (Å²) in [4.78, 5) is 23.3. The zero-order chi connectivity index (χ0) is 17.3. The van der Waals surface area contributed by atoms with E-state index < -0.39 is 19.5 Å². The maximum Gasteiger partial charge on any atom is 0.338 e. The van der Waals surface area contributed by atoms with Crippen molar-refractivity contribution in [3.05, 3.63) is 35.4 Å². The summed E-state index contributed by atoms with van der Waals surface area (Å²) in [6.07, 6.45) is 0. The molecule has 0 saturated carbocycles. The van der Waals surface area contributed by atoms with Crippen LogP contribution in [0.2, 0.25) is 0 Å². The van der Waals surface area contributed by atoms with Gasteiger partial charge in [-0.05, 0) is 24.3 Å². The van der Waals surface area contributed by atoms with Crippen molar-refractivity contribution in [2.75, 3.05) is 40.2 Å². The summed E-state index contributed by atoms with van der Waals surface area (Å²) in [7, 11) is -1.83. The van der Waals surface area contributed by atoms with Crippen molar-refractivity contribution >= 4 is 19.5 Å². The zero-order valence-corrected chi connectivity index (χ0v) is 13.8. The van der Waals surface area contributed by atoms with Gasteiger partial charge in [0, 0.05) is 13.8 Å². The van der Waals surface area contributed by atoms with Gasteiger partial charge < -0.3 is 23.6 Å². The third-order valence-electron chi connectivity index (χ3n) is 2.65. The summed E-state index contributed by atoms with van der Waals surface area (Å²) in [5.41, 5.74) is 0.500. The van der Waals surface area contributed by atoms with Crippen LogP contribution in [0.3, 0.4) is 0 Å². The van der Waals surface area contributed by atoms with Gasteiger partial charge in [-0.15, -0.1) is 0 Å². The van der Waals surface area contributed by atoms with Gasteiger partial charge in [0.15, 0.2) is 0 Å². The fourth-order valence-corrected chi connectivity index (χ4v) is 1.95. The van der Waals surface area contributed by atoms with E-state index in [-0.39, 0.29) is 45.0 Å². The molecule has 0 aromatic heterocycles. The number of rotatable bonds is 9. The number of aliphatic hydroxyl groups excluding tert-OH is 1. The third-order valence-corrected chi connectivity index (χ3v) is 3.97. The maximum absolute atomic E-state index is 11.8. The molecule has 0 heterocycles. The number of hydrogen-bond acceptors (Lipinski definition) is 8. The Balaban J connectivity index is 0.00000529. The molecule has 1 unspecified atom stereocenters.